The van der Waals surface area contributed by atoms with Crippen molar-refractivity contribution in [1.29, 1.82) is 0 Å². The number of amides is 1. The average Bonchev–Trinajstić information content (AvgIpc) is 3.44. The SMILES string of the molecule is COC[C@H]1CCCN1NC(=O)c1nn(-c2ccc(Cl)cc2Cl)c2c1CS(=O)(=O)CC2=Cc1ccc(F)cc1. The minimum atomic E-state index is -3.63. The quantitative estimate of drug-likeness (QED) is 0.461. The number of benzene rings is 2. The maximum atomic E-state index is 13.5. The van der Waals surface area contributed by atoms with E-state index in [2.05, 4.69) is 10.5 Å². The van der Waals surface area contributed by atoms with Crippen LogP contribution in [0.15, 0.2) is 42.5 Å². The fourth-order valence-electron chi connectivity index (χ4n) is 4.91. The molecule has 38 heavy (non-hydrogen) atoms. The van der Waals surface area contributed by atoms with E-state index in [-0.39, 0.29) is 33.8 Å². The number of carbonyl (C=O) groups is 1. The van der Waals surface area contributed by atoms with Gasteiger partial charge in [0.05, 0.1) is 40.6 Å². The summed E-state index contributed by atoms with van der Waals surface area (Å²) in [4.78, 5) is 13.5. The lowest BCUT2D eigenvalue weighted by Crippen LogP contribution is -2.47. The second kappa shape index (κ2) is 10.8. The molecule has 0 bridgehead atoms. The molecule has 0 saturated carbocycles. The van der Waals surface area contributed by atoms with Gasteiger partial charge in [-0.1, -0.05) is 35.3 Å². The van der Waals surface area contributed by atoms with Crippen molar-refractivity contribution in [3.05, 3.63) is 80.8 Å². The number of fused-ring (bicyclic) bond motifs is 1. The molecule has 0 radical (unpaired) electrons. The molecule has 1 atom stereocenters. The van der Waals surface area contributed by atoms with Crippen molar-refractivity contribution in [1.82, 2.24) is 20.2 Å². The third-order valence-electron chi connectivity index (χ3n) is 6.57. The smallest absolute Gasteiger partial charge is 0.286 e. The van der Waals surface area contributed by atoms with Gasteiger partial charge in [-0.25, -0.2) is 22.5 Å². The molecule has 0 unspecified atom stereocenters. The number of ether oxygens (including phenoxy) is 1. The number of hydrazine groups is 1. The third kappa shape index (κ3) is 5.50. The minimum absolute atomic E-state index is 0.00485. The van der Waals surface area contributed by atoms with Gasteiger partial charge in [-0.15, -0.1) is 0 Å². The van der Waals surface area contributed by atoms with Crippen LogP contribution in [0.5, 0.6) is 0 Å². The second-order valence-electron chi connectivity index (χ2n) is 9.32. The highest BCUT2D eigenvalue weighted by Crippen LogP contribution is 2.37. The van der Waals surface area contributed by atoms with Gasteiger partial charge < -0.3 is 4.74 Å². The number of rotatable bonds is 6. The van der Waals surface area contributed by atoms with Gasteiger partial charge in [0.2, 0.25) is 0 Å². The zero-order chi connectivity index (χ0) is 27.0. The van der Waals surface area contributed by atoms with E-state index in [0.29, 0.717) is 40.7 Å². The molecule has 8 nitrogen and oxygen atoms in total. The van der Waals surface area contributed by atoms with Crippen LogP contribution < -0.4 is 5.43 Å². The van der Waals surface area contributed by atoms with Gasteiger partial charge in [0.25, 0.3) is 5.91 Å². The van der Waals surface area contributed by atoms with Crippen LogP contribution in [0.1, 0.15) is 40.2 Å². The number of methoxy groups -OCH3 is 1. The van der Waals surface area contributed by atoms with Crippen LogP contribution >= 0.6 is 23.2 Å². The molecule has 3 heterocycles. The number of nitrogens with one attached hydrogen (secondary N) is 1. The topological polar surface area (TPSA) is 93.5 Å². The Hall–Kier alpha value is -2.76. The summed E-state index contributed by atoms with van der Waals surface area (Å²) in [5.74, 6) is -1.57. The van der Waals surface area contributed by atoms with E-state index in [9.17, 15) is 17.6 Å². The van der Waals surface area contributed by atoms with Crippen LogP contribution in [-0.2, 0) is 20.3 Å². The molecule has 1 amide bonds. The predicted molar refractivity (Wildman–Crippen MR) is 144 cm³/mol. The molecule has 12 heteroatoms. The Morgan fingerprint density at radius 2 is 1.97 bits per heavy atom. The first kappa shape index (κ1) is 26.8. The monoisotopic (exact) mass is 578 g/mol. The van der Waals surface area contributed by atoms with Crippen LogP contribution in [0.2, 0.25) is 10.0 Å². The van der Waals surface area contributed by atoms with E-state index in [1.54, 1.807) is 48.5 Å². The summed E-state index contributed by atoms with van der Waals surface area (Å²) < 4.78 is 46.4. The summed E-state index contributed by atoms with van der Waals surface area (Å²) in [6.07, 6.45) is 3.41. The predicted octanol–water partition coefficient (Wildman–Crippen LogP) is 4.54. The number of hydrogen-bond acceptors (Lipinski definition) is 6. The van der Waals surface area contributed by atoms with Gasteiger partial charge in [0.1, 0.15) is 5.82 Å². The molecular formula is C26H25Cl2FN4O4S. The lowest BCUT2D eigenvalue weighted by Gasteiger charge is -2.24. The van der Waals surface area contributed by atoms with Crippen LogP contribution in [0.3, 0.4) is 0 Å². The van der Waals surface area contributed by atoms with Crippen molar-refractivity contribution in [2.45, 2.75) is 24.6 Å². The molecule has 2 aliphatic heterocycles. The average molecular weight is 579 g/mol. The summed E-state index contributed by atoms with van der Waals surface area (Å²) in [5.41, 5.74) is 5.06. The summed E-state index contributed by atoms with van der Waals surface area (Å²) >= 11 is 12.6. The molecule has 200 valence electrons. The summed E-state index contributed by atoms with van der Waals surface area (Å²) in [5, 5.41) is 7.09. The van der Waals surface area contributed by atoms with Crippen molar-refractivity contribution >= 4 is 50.6 Å². The molecule has 1 fully saturated rings. The van der Waals surface area contributed by atoms with Crippen LogP contribution in [0, 0.1) is 5.82 Å². The van der Waals surface area contributed by atoms with Gasteiger partial charge in [0, 0.05) is 24.2 Å². The van der Waals surface area contributed by atoms with Crippen molar-refractivity contribution in [3.63, 3.8) is 0 Å². The molecule has 2 aromatic carbocycles. The van der Waals surface area contributed by atoms with E-state index in [1.165, 1.54) is 16.8 Å². The Bertz CT molecular complexity index is 1520. The zero-order valence-corrected chi connectivity index (χ0v) is 22.8. The standard InChI is InChI=1S/C26H25Cl2FN4O4S/c1-37-13-20-3-2-10-32(20)31-26(34)24-21-15-38(35,36)14-17(11-16-4-7-19(29)8-5-16)25(21)33(30-24)23-9-6-18(27)12-22(23)28/h4-9,11-12,20H,2-3,10,13-15H2,1H3,(H,31,34)/t20-/m1/s1. The second-order valence-corrected chi connectivity index (χ2v) is 12.2. The van der Waals surface area contributed by atoms with Crippen molar-refractivity contribution < 1.29 is 22.3 Å². The van der Waals surface area contributed by atoms with Crippen molar-refractivity contribution in [2.75, 3.05) is 26.0 Å². The number of aromatic nitrogens is 2. The Kier molecular flexibility index (Phi) is 7.61. The Morgan fingerprint density at radius 1 is 1.21 bits per heavy atom. The highest BCUT2D eigenvalue weighted by Gasteiger charge is 2.36. The molecule has 1 N–H and O–H groups in total. The maximum Gasteiger partial charge on any atom is 0.286 e. The number of nitrogens with zero attached hydrogens (tertiary/aromatic N) is 3. The summed E-state index contributed by atoms with van der Waals surface area (Å²) in [6, 6.07) is 10.5. The molecule has 2 aliphatic rings. The highest BCUT2D eigenvalue weighted by atomic mass is 35.5. The first-order chi connectivity index (χ1) is 18.1. The maximum absolute atomic E-state index is 13.5. The molecule has 3 aromatic rings. The van der Waals surface area contributed by atoms with E-state index >= 15 is 0 Å². The summed E-state index contributed by atoms with van der Waals surface area (Å²) in [7, 11) is -2.02. The van der Waals surface area contributed by atoms with Gasteiger partial charge in [-0.05, 0) is 60.4 Å². The molecule has 1 saturated heterocycles. The third-order valence-corrected chi connectivity index (χ3v) is 8.59. The zero-order valence-electron chi connectivity index (χ0n) is 20.5. The molecule has 0 spiro atoms. The Balaban J connectivity index is 1.66. The first-order valence-electron chi connectivity index (χ1n) is 12.0. The molecule has 0 aliphatic carbocycles. The van der Waals surface area contributed by atoms with Crippen LogP contribution in [-0.4, -0.2) is 61.2 Å². The number of carbonyl (C=O) groups excluding carboxylic acids is 1. The Morgan fingerprint density at radius 3 is 2.68 bits per heavy atom. The van der Waals surface area contributed by atoms with Crippen molar-refractivity contribution in [3.8, 4) is 5.69 Å². The highest BCUT2D eigenvalue weighted by molar-refractivity contribution is 7.91. The van der Waals surface area contributed by atoms with E-state index in [0.717, 1.165) is 12.8 Å². The van der Waals surface area contributed by atoms with Crippen LogP contribution in [0.25, 0.3) is 17.3 Å². The number of hydrogen-bond donors (Lipinski definition) is 1. The largest absolute Gasteiger partial charge is 0.383 e. The van der Waals surface area contributed by atoms with Gasteiger partial charge in [0.15, 0.2) is 15.5 Å². The number of sulfone groups is 1. The Labute approximate surface area is 229 Å². The van der Waals surface area contributed by atoms with Gasteiger partial charge in [-0.3, -0.25) is 10.2 Å². The first-order valence-corrected chi connectivity index (χ1v) is 14.5. The lowest BCUT2D eigenvalue weighted by molar-refractivity contribution is 0.0606. The lowest BCUT2D eigenvalue weighted by atomic mass is 10.0. The van der Waals surface area contributed by atoms with Gasteiger partial charge in [-0.2, -0.15) is 5.10 Å². The fourth-order valence-corrected chi connectivity index (χ4v) is 6.90. The molecule has 1 aromatic heterocycles. The van der Waals surface area contributed by atoms with Crippen LogP contribution in [0.4, 0.5) is 4.39 Å². The summed E-state index contributed by atoms with van der Waals surface area (Å²) in [6.45, 7) is 1.09. The van der Waals surface area contributed by atoms with E-state index in [4.69, 9.17) is 27.9 Å². The normalized spacial score (nSPS) is 20.0. The van der Waals surface area contributed by atoms with Crippen molar-refractivity contribution in [2.24, 2.45) is 0 Å². The van der Waals surface area contributed by atoms with Gasteiger partial charge >= 0.3 is 0 Å². The number of halogens is 3. The molecular weight excluding hydrogens is 554 g/mol. The fraction of sp³-hybridized carbons (Fsp3) is 0.308. The van der Waals surface area contributed by atoms with E-state index < -0.39 is 21.6 Å². The minimum Gasteiger partial charge on any atom is -0.383 e. The van der Waals surface area contributed by atoms with E-state index in [1.807, 2.05) is 0 Å². The molecule has 5 rings (SSSR count).